The Labute approximate surface area is 271 Å². The Hall–Kier alpha value is -4.48. The minimum atomic E-state index is -0.970. The summed E-state index contributed by atoms with van der Waals surface area (Å²) < 4.78 is 19.8. The zero-order chi connectivity index (χ0) is 31.9. The smallest absolute Gasteiger partial charge is 0.343 e. The molecule has 6 atom stereocenters. The number of fused-ring (bicyclic) bond motifs is 3. The predicted octanol–water partition coefficient (Wildman–Crippen LogP) is 8.72. The third-order valence-electron chi connectivity index (χ3n) is 10.6. The molecule has 7 rings (SSSR count). The van der Waals surface area contributed by atoms with Crippen LogP contribution in [0.5, 0.6) is 0 Å². The SMILES string of the molecule is CO[C@]12CCCCC1[C@@H]1[C@@H](/C(=C/c3ccccc3)OC(=O)c3ccc(C)cc3)[C@]1(OC(=O)c1ccc(C)cc1)[C@@H]2c1ccccc1. The van der Waals surface area contributed by atoms with Crippen LogP contribution >= 0.6 is 0 Å². The molecule has 4 aromatic rings. The van der Waals surface area contributed by atoms with Crippen LogP contribution in [0.3, 0.4) is 0 Å². The van der Waals surface area contributed by atoms with Crippen molar-refractivity contribution in [3.8, 4) is 0 Å². The van der Waals surface area contributed by atoms with Gasteiger partial charge < -0.3 is 14.2 Å². The average molecular weight is 613 g/mol. The maximum atomic E-state index is 14.1. The highest BCUT2D eigenvalue weighted by Gasteiger charge is 2.86. The molecule has 0 heterocycles. The summed E-state index contributed by atoms with van der Waals surface area (Å²) >= 11 is 0. The van der Waals surface area contributed by atoms with E-state index in [4.69, 9.17) is 14.2 Å². The van der Waals surface area contributed by atoms with E-state index in [0.29, 0.717) is 16.9 Å². The molecule has 0 bridgehead atoms. The van der Waals surface area contributed by atoms with Gasteiger partial charge in [-0.2, -0.15) is 0 Å². The second-order valence-corrected chi connectivity index (χ2v) is 13.2. The van der Waals surface area contributed by atoms with Crippen molar-refractivity contribution < 1.29 is 23.8 Å². The highest BCUT2D eigenvalue weighted by atomic mass is 16.6. The molecule has 0 radical (unpaired) electrons. The number of benzene rings is 4. The van der Waals surface area contributed by atoms with E-state index in [-0.39, 0.29) is 29.6 Å². The topological polar surface area (TPSA) is 61.8 Å². The van der Waals surface area contributed by atoms with Gasteiger partial charge in [0.25, 0.3) is 0 Å². The van der Waals surface area contributed by atoms with Gasteiger partial charge in [0, 0.05) is 13.0 Å². The summed E-state index contributed by atoms with van der Waals surface area (Å²) in [5.41, 5.74) is 3.62. The standard InChI is InChI=1S/C41H40O5/c1-27-17-21-31(22-18-27)38(42)45-34(26-29-12-6-4-7-13-29)36-35-33-16-10-11-25-40(33,44-3)37(30-14-8-5-9-15-30)41(35,36)46-39(43)32-23-19-28(2)20-24-32/h4-9,12-15,17-24,26,33,35-37H,10-11,16,25H2,1-3H3/b34-26-/t33?,35-,36-,37-,40-,41+/m1/s1. The molecule has 234 valence electrons. The zero-order valence-corrected chi connectivity index (χ0v) is 26.6. The number of rotatable bonds is 8. The average Bonchev–Trinajstić information content (AvgIpc) is 3.64. The second-order valence-electron chi connectivity index (χ2n) is 13.2. The number of methoxy groups -OCH3 is 1. The lowest BCUT2D eigenvalue weighted by atomic mass is 9.66. The van der Waals surface area contributed by atoms with Crippen LogP contribution in [-0.4, -0.2) is 30.3 Å². The van der Waals surface area contributed by atoms with Gasteiger partial charge in [-0.25, -0.2) is 9.59 Å². The van der Waals surface area contributed by atoms with Gasteiger partial charge >= 0.3 is 11.9 Å². The monoisotopic (exact) mass is 612 g/mol. The Morgan fingerprint density at radius 1 is 0.739 bits per heavy atom. The van der Waals surface area contributed by atoms with Crippen LogP contribution < -0.4 is 0 Å². The molecule has 5 heteroatoms. The first-order valence-electron chi connectivity index (χ1n) is 16.3. The van der Waals surface area contributed by atoms with Gasteiger partial charge in [0.2, 0.25) is 0 Å². The highest BCUT2D eigenvalue weighted by molar-refractivity contribution is 5.91. The number of aryl methyl sites for hydroxylation is 2. The van der Waals surface area contributed by atoms with Crippen LogP contribution in [-0.2, 0) is 14.2 Å². The molecule has 3 saturated carbocycles. The Kier molecular flexibility index (Phi) is 7.90. The molecule has 0 N–H and O–H groups in total. The summed E-state index contributed by atoms with van der Waals surface area (Å²) in [5, 5.41) is 0. The fourth-order valence-electron chi connectivity index (χ4n) is 8.56. The number of carbonyl (C=O) groups excluding carboxylic acids is 2. The number of esters is 2. The number of ether oxygens (including phenoxy) is 3. The fraction of sp³-hybridized carbons (Fsp3) is 0.317. The summed E-state index contributed by atoms with van der Waals surface area (Å²) in [5.74, 6) is -0.842. The number of hydrogen-bond acceptors (Lipinski definition) is 5. The maximum Gasteiger partial charge on any atom is 0.343 e. The van der Waals surface area contributed by atoms with E-state index in [2.05, 4.69) is 12.1 Å². The third-order valence-corrected chi connectivity index (χ3v) is 10.6. The van der Waals surface area contributed by atoms with Crippen LogP contribution in [0.15, 0.2) is 115 Å². The van der Waals surface area contributed by atoms with Crippen molar-refractivity contribution >= 4 is 18.0 Å². The van der Waals surface area contributed by atoms with Gasteiger partial charge in [-0.3, -0.25) is 0 Å². The van der Waals surface area contributed by atoms with Gasteiger partial charge in [-0.05, 0) is 74.1 Å². The van der Waals surface area contributed by atoms with Crippen LogP contribution in [0.25, 0.3) is 6.08 Å². The van der Waals surface area contributed by atoms with E-state index >= 15 is 0 Å². The number of carbonyl (C=O) groups is 2. The van der Waals surface area contributed by atoms with Crippen LogP contribution in [0.4, 0.5) is 0 Å². The van der Waals surface area contributed by atoms with Crippen molar-refractivity contribution in [2.45, 2.75) is 56.7 Å². The Morgan fingerprint density at radius 2 is 1.33 bits per heavy atom. The number of hydrogen-bond donors (Lipinski definition) is 0. The summed E-state index contributed by atoms with van der Waals surface area (Å²) in [6.07, 6.45) is 5.90. The minimum Gasteiger partial charge on any atom is -0.454 e. The Balaban J connectivity index is 1.39. The van der Waals surface area contributed by atoms with E-state index in [1.54, 1.807) is 12.1 Å². The summed E-state index contributed by atoms with van der Waals surface area (Å²) in [6, 6.07) is 35.1. The predicted molar refractivity (Wildman–Crippen MR) is 178 cm³/mol. The van der Waals surface area contributed by atoms with Crippen molar-refractivity contribution in [2.24, 2.45) is 17.8 Å². The lowest BCUT2D eigenvalue weighted by molar-refractivity contribution is -0.108. The molecule has 0 spiro atoms. The first-order chi connectivity index (χ1) is 22.4. The van der Waals surface area contributed by atoms with E-state index in [9.17, 15) is 9.59 Å². The van der Waals surface area contributed by atoms with Crippen LogP contribution in [0.2, 0.25) is 0 Å². The molecule has 0 aliphatic heterocycles. The molecule has 46 heavy (non-hydrogen) atoms. The summed E-state index contributed by atoms with van der Waals surface area (Å²) in [7, 11) is 1.81. The first-order valence-corrected chi connectivity index (χ1v) is 16.3. The molecule has 0 saturated heterocycles. The normalized spacial score (nSPS) is 28.1. The lowest BCUT2D eigenvalue weighted by Gasteiger charge is -2.46. The lowest BCUT2D eigenvalue weighted by Crippen LogP contribution is -2.49. The van der Waals surface area contributed by atoms with E-state index in [1.807, 2.05) is 112 Å². The van der Waals surface area contributed by atoms with Crippen LogP contribution in [0.1, 0.15) is 74.6 Å². The highest BCUT2D eigenvalue weighted by Crippen LogP contribution is 2.79. The molecule has 1 unspecified atom stereocenters. The summed E-state index contributed by atoms with van der Waals surface area (Å²) in [6.45, 7) is 3.99. The molecule has 5 nitrogen and oxygen atoms in total. The van der Waals surface area contributed by atoms with Crippen molar-refractivity contribution in [1.82, 2.24) is 0 Å². The van der Waals surface area contributed by atoms with Gasteiger partial charge in [0.1, 0.15) is 11.4 Å². The van der Waals surface area contributed by atoms with Crippen molar-refractivity contribution in [3.05, 3.63) is 148 Å². The molecule has 0 aromatic heterocycles. The molecule has 0 amide bonds. The van der Waals surface area contributed by atoms with Crippen molar-refractivity contribution in [3.63, 3.8) is 0 Å². The van der Waals surface area contributed by atoms with E-state index in [0.717, 1.165) is 47.9 Å². The van der Waals surface area contributed by atoms with E-state index < -0.39 is 17.2 Å². The molecule has 3 aliphatic carbocycles. The largest absolute Gasteiger partial charge is 0.454 e. The minimum absolute atomic E-state index is 0.0897. The third kappa shape index (κ3) is 5.07. The fourth-order valence-corrected chi connectivity index (χ4v) is 8.56. The van der Waals surface area contributed by atoms with Gasteiger partial charge in [-0.1, -0.05) is 109 Å². The first kappa shape index (κ1) is 30.2. The zero-order valence-electron chi connectivity index (χ0n) is 26.6. The molecule has 3 aliphatic rings. The Bertz CT molecular complexity index is 1740. The summed E-state index contributed by atoms with van der Waals surface area (Å²) in [4.78, 5) is 27.9. The van der Waals surface area contributed by atoms with Gasteiger partial charge in [0.15, 0.2) is 0 Å². The van der Waals surface area contributed by atoms with Crippen molar-refractivity contribution in [2.75, 3.05) is 7.11 Å². The van der Waals surface area contributed by atoms with Gasteiger partial charge in [-0.15, -0.1) is 0 Å². The van der Waals surface area contributed by atoms with E-state index in [1.165, 1.54) is 0 Å². The van der Waals surface area contributed by atoms with Crippen molar-refractivity contribution in [1.29, 1.82) is 0 Å². The van der Waals surface area contributed by atoms with Gasteiger partial charge in [0.05, 0.1) is 28.6 Å². The Morgan fingerprint density at radius 3 is 1.93 bits per heavy atom. The van der Waals surface area contributed by atoms with Crippen LogP contribution in [0, 0.1) is 31.6 Å². The second kappa shape index (κ2) is 12.0. The molecule has 4 aromatic carbocycles. The molecule has 3 fully saturated rings. The molecular formula is C41H40O5. The quantitative estimate of drug-likeness (QED) is 0.147. The maximum absolute atomic E-state index is 14.1. The molecular weight excluding hydrogens is 572 g/mol.